The molecule has 1 aliphatic heterocycles. The van der Waals surface area contributed by atoms with Crippen molar-refractivity contribution in [2.45, 2.75) is 25.8 Å². The number of ether oxygens (including phenoxy) is 2. The maximum absolute atomic E-state index is 12.7. The molecular weight excluding hydrogens is 382 g/mol. The molecule has 2 N–H and O–H groups in total. The van der Waals surface area contributed by atoms with Gasteiger partial charge in [0.2, 0.25) is 5.91 Å². The van der Waals surface area contributed by atoms with E-state index >= 15 is 0 Å². The van der Waals surface area contributed by atoms with E-state index in [1.54, 1.807) is 38.5 Å². The number of carbonyl (C=O) groups is 2. The van der Waals surface area contributed by atoms with Gasteiger partial charge in [0.25, 0.3) is 5.91 Å². The van der Waals surface area contributed by atoms with Gasteiger partial charge in [-0.15, -0.1) is 0 Å². The van der Waals surface area contributed by atoms with Crippen LogP contribution in [0, 0.1) is 0 Å². The summed E-state index contributed by atoms with van der Waals surface area (Å²) in [6, 6.07) is 12.8. The molecule has 160 valence electrons. The molecule has 7 heteroatoms. The third-order valence-electron chi connectivity index (χ3n) is 5.25. The average molecular weight is 412 g/mol. The highest BCUT2D eigenvalue weighted by Crippen LogP contribution is 2.38. The number of likely N-dealkylation sites (tertiary alicyclic amines) is 1. The predicted molar refractivity (Wildman–Crippen MR) is 116 cm³/mol. The van der Waals surface area contributed by atoms with Gasteiger partial charge in [0, 0.05) is 29.4 Å². The van der Waals surface area contributed by atoms with Crippen LogP contribution in [0.4, 0.5) is 5.69 Å². The normalized spacial score (nSPS) is 16.2. The molecule has 0 radical (unpaired) electrons. The zero-order valence-corrected chi connectivity index (χ0v) is 17.7. The lowest BCUT2D eigenvalue weighted by Crippen LogP contribution is -2.33. The number of hydrogen-bond acceptors (Lipinski definition) is 5. The summed E-state index contributed by atoms with van der Waals surface area (Å²) in [6.07, 6.45) is 1.95. The zero-order valence-electron chi connectivity index (χ0n) is 17.7. The molecule has 0 aromatic heterocycles. The van der Waals surface area contributed by atoms with Gasteiger partial charge in [-0.1, -0.05) is 6.07 Å². The molecule has 3 rings (SSSR count). The summed E-state index contributed by atoms with van der Waals surface area (Å²) >= 11 is 0. The highest BCUT2D eigenvalue weighted by molar-refractivity contribution is 5.97. The van der Waals surface area contributed by atoms with Crippen LogP contribution in [0.2, 0.25) is 0 Å². The van der Waals surface area contributed by atoms with Gasteiger partial charge in [-0.3, -0.25) is 14.5 Å². The molecule has 0 saturated carbocycles. The van der Waals surface area contributed by atoms with E-state index in [9.17, 15) is 9.59 Å². The molecule has 0 spiro atoms. The number of nitrogens with zero attached hydrogens (tertiary/aromatic N) is 1. The van der Waals surface area contributed by atoms with Gasteiger partial charge in [-0.2, -0.15) is 0 Å². The molecule has 1 atom stereocenters. The lowest BCUT2D eigenvalue weighted by molar-refractivity contribution is -0.117. The topological polar surface area (TPSA) is 79.9 Å². The van der Waals surface area contributed by atoms with E-state index in [1.165, 1.54) is 0 Å². The van der Waals surface area contributed by atoms with Crippen LogP contribution in [0.3, 0.4) is 0 Å². The van der Waals surface area contributed by atoms with E-state index in [4.69, 9.17) is 9.47 Å². The van der Waals surface area contributed by atoms with E-state index in [2.05, 4.69) is 15.5 Å². The van der Waals surface area contributed by atoms with E-state index in [-0.39, 0.29) is 24.4 Å². The van der Waals surface area contributed by atoms with Crippen molar-refractivity contribution in [2.24, 2.45) is 0 Å². The highest BCUT2D eigenvalue weighted by Gasteiger charge is 2.30. The number of amides is 2. The monoisotopic (exact) mass is 411 g/mol. The molecule has 1 saturated heterocycles. The van der Waals surface area contributed by atoms with E-state index in [0.717, 1.165) is 36.4 Å². The van der Waals surface area contributed by atoms with E-state index in [0.29, 0.717) is 17.8 Å². The standard InChI is InChI=1S/C23H29N3O4/c1-4-24-23(28)16-7-5-8-17(13-16)25-22(27)15-26-12-6-9-20(26)19-14-18(29-2)10-11-21(19)30-3/h5,7-8,10-11,13-14,20H,4,6,9,12,15H2,1-3H3,(H,24,28)(H,25,27)/t20-/m0/s1. The summed E-state index contributed by atoms with van der Waals surface area (Å²) in [4.78, 5) is 26.9. The molecular formula is C23H29N3O4. The van der Waals surface area contributed by atoms with Crippen LogP contribution in [0.1, 0.15) is 41.7 Å². The Morgan fingerprint density at radius 3 is 2.70 bits per heavy atom. The van der Waals surface area contributed by atoms with Gasteiger partial charge in [-0.05, 0) is 62.7 Å². The summed E-state index contributed by atoms with van der Waals surface area (Å²) in [5, 5.41) is 5.68. The first kappa shape index (κ1) is 21.6. The summed E-state index contributed by atoms with van der Waals surface area (Å²) in [5.74, 6) is 1.29. The number of rotatable bonds is 8. The van der Waals surface area contributed by atoms with Crippen molar-refractivity contribution in [1.29, 1.82) is 0 Å². The van der Waals surface area contributed by atoms with Crippen molar-refractivity contribution < 1.29 is 19.1 Å². The number of anilines is 1. The van der Waals surface area contributed by atoms with Crippen molar-refractivity contribution in [3.63, 3.8) is 0 Å². The Bertz CT molecular complexity index is 900. The Kier molecular flexibility index (Phi) is 7.30. The Balaban J connectivity index is 1.70. The third-order valence-corrected chi connectivity index (χ3v) is 5.25. The Morgan fingerprint density at radius 2 is 1.97 bits per heavy atom. The number of benzene rings is 2. The van der Waals surface area contributed by atoms with Gasteiger partial charge in [0.15, 0.2) is 0 Å². The minimum Gasteiger partial charge on any atom is -0.497 e. The van der Waals surface area contributed by atoms with Gasteiger partial charge in [-0.25, -0.2) is 0 Å². The van der Waals surface area contributed by atoms with Crippen LogP contribution in [0.15, 0.2) is 42.5 Å². The van der Waals surface area contributed by atoms with Crippen molar-refractivity contribution >= 4 is 17.5 Å². The number of methoxy groups -OCH3 is 2. The fourth-order valence-corrected chi connectivity index (χ4v) is 3.85. The van der Waals surface area contributed by atoms with Gasteiger partial charge in [0.05, 0.1) is 20.8 Å². The second-order valence-electron chi connectivity index (χ2n) is 7.22. The lowest BCUT2D eigenvalue weighted by Gasteiger charge is -2.26. The second-order valence-corrected chi connectivity index (χ2v) is 7.22. The fraction of sp³-hybridized carbons (Fsp3) is 0.391. The molecule has 1 heterocycles. The van der Waals surface area contributed by atoms with Crippen molar-refractivity contribution in [3.05, 3.63) is 53.6 Å². The third kappa shape index (κ3) is 5.10. The molecule has 2 amide bonds. The highest BCUT2D eigenvalue weighted by atomic mass is 16.5. The second kappa shape index (κ2) is 10.1. The molecule has 2 aromatic carbocycles. The van der Waals surface area contributed by atoms with Crippen LogP contribution in [0.5, 0.6) is 11.5 Å². The Hall–Kier alpha value is -3.06. The van der Waals surface area contributed by atoms with Gasteiger partial charge in [0.1, 0.15) is 11.5 Å². The average Bonchev–Trinajstić information content (AvgIpc) is 3.21. The van der Waals surface area contributed by atoms with E-state index in [1.807, 2.05) is 25.1 Å². The first-order valence-corrected chi connectivity index (χ1v) is 10.2. The predicted octanol–water partition coefficient (Wildman–Crippen LogP) is 3.23. The molecule has 2 aromatic rings. The van der Waals surface area contributed by atoms with E-state index < -0.39 is 0 Å². The molecule has 7 nitrogen and oxygen atoms in total. The number of hydrogen-bond donors (Lipinski definition) is 2. The van der Waals surface area contributed by atoms with Crippen molar-refractivity contribution in [1.82, 2.24) is 10.2 Å². The molecule has 1 fully saturated rings. The smallest absolute Gasteiger partial charge is 0.251 e. The molecule has 30 heavy (non-hydrogen) atoms. The molecule has 1 aliphatic rings. The van der Waals surface area contributed by atoms with Crippen LogP contribution in [0.25, 0.3) is 0 Å². The lowest BCUT2D eigenvalue weighted by atomic mass is 10.0. The summed E-state index contributed by atoms with van der Waals surface area (Å²) in [6.45, 7) is 3.51. The Labute approximate surface area is 177 Å². The van der Waals surface area contributed by atoms with Crippen LogP contribution in [-0.2, 0) is 4.79 Å². The summed E-state index contributed by atoms with van der Waals surface area (Å²) in [7, 11) is 3.29. The minimum absolute atomic E-state index is 0.0856. The first-order valence-electron chi connectivity index (χ1n) is 10.2. The maximum atomic E-state index is 12.7. The van der Waals surface area contributed by atoms with Gasteiger partial charge < -0.3 is 20.1 Å². The van der Waals surface area contributed by atoms with Crippen LogP contribution in [-0.4, -0.2) is 50.6 Å². The SMILES string of the molecule is CCNC(=O)c1cccc(NC(=O)CN2CCC[C@H]2c2cc(OC)ccc2OC)c1. The van der Waals surface area contributed by atoms with Crippen LogP contribution >= 0.6 is 0 Å². The minimum atomic E-state index is -0.154. The van der Waals surface area contributed by atoms with Crippen LogP contribution < -0.4 is 20.1 Å². The summed E-state index contributed by atoms with van der Waals surface area (Å²) < 4.78 is 10.9. The Morgan fingerprint density at radius 1 is 1.13 bits per heavy atom. The van der Waals surface area contributed by atoms with Crippen molar-refractivity contribution in [2.75, 3.05) is 39.2 Å². The maximum Gasteiger partial charge on any atom is 0.251 e. The molecule has 0 bridgehead atoms. The summed E-state index contributed by atoms with van der Waals surface area (Å²) in [5.41, 5.74) is 2.16. The first-order chi connectivity index (χ1) is 14.5. The largest absolute Gasteiger partial charge is 0.497 e. The quantitative estimate of drug-likeness (QED) is 0.697. The fourth-order valence-electron chi connectivity index (χ4n) is 3.85. The molecule has 0 unspecified atom stereocenters. The number of carbonyl (C=O) groups excluding carboxylic acids is 2. The molecule has 0 aliphatic carbocycles. The zero-order chi connectivity index (χ0) is 21.5. The van der Waals surface area contributed by atoms with Crippen molar-refractivity contribution in [3.8, 4) is 11.5 Å². The van der Waals surface area contributed by atoms with Gasteiger partial charge >= 0.3 is 0 Å². The number of nitrogens with one attached hydrogen (secondary N) is 2.